The Balaban J connectivity index is 2.70. The van der Waals surface area contributed by atoms with Crippen molar-refractivity contribution in [3.05, 3.63) is 22.6 Å². The van der Waals surface area contributed by atoms with Crippen LogP contribution in [0.2, 0.25) is 0 Å². The molecule has 1 atom stereocenters. The zero-order chi connectivity index (χ0) is 12.1. The molecule has 1 unspecified atom stereocenters. The highest BCUT2D eigenvalue weighted by molar-refractivity contribution is 9.10. The number of hydrogen-bond acceptors (Lipinski definition) is 5. The summed E-state index contributed by atoms with van der Waals surface area (Å²) in [5.41, 5.74) is 0.238. The summed E-state index contributed by atoms with van der Waals surface area (Å²) in [6.07, 6.45) is 1.32. The molecule has 1 aromatic heterocycles. The number of carbonyl (C=O) groups is 2. The van der Waals surface area contributed by atoms with E-state index in [-0.39, 0.29) is 10.2 Å². The van der Waals surface area contributed by atoms with Crippen LogP contribution >= 0.6 is 15.9 Å². The van der Waals surface area contributed by atoms with Gasteiger partial charge in [-0.15, -0.1) is 0 Å². The minimum atomic E-state index is -1.08. The lowest BCUT2D eigenvalue weighted by Gasteiger charge is -2.12. The minimum absolute atomic E-state index is 0.238. The lowest BCUT2D eigenvalue weighted by Crippen LogP contribution is -2.44. The fourth-order valence-corrected chi connectivity index (χ4v) is 1.43. The standard InChI is InChI=1S/C9H10BrNO5/c1-15-9(14)6(4-12)11-8(13)5-2-3-16-7(5)10/h2-3,6,12H,4H2,1H3,(H,11,13). The number of aliphatic hydroxyl groups is 1. The molecule has 6 nitrogen and oxygen atoms in total. The molecule has 0 spiro atoms. The maximum Gasteiger partial charge on any atom is 0.330 e. The summed E-state index contributed by atoms with van der Waals surface area (Å²) in [6.45, 7) is -0.534. The van der Waals surface area contributed by atoms with E-state index >= 15 is 0 Å². The summed E-state index contributed by atoms with van der Waals surface area (Å²) in [5, 5.41) is 11.2. The topological polar surface area (TPSA) is 88.8 Å². The first-order valence-electron chi connectivity index (χ1n) is 4.32. The summed E-state index contributed by atoms with van der Waals surface area (Å²) in [6, 6.07) is 0.352. The fraction of sp³-hybridized carbons (Fsp3) is 0.333. The Labute approximate surface area is 99.7 Å². The molecule has 0 fully saturated rings. The van der Waals surface area contributed by atoms with Crippen molar-refractivity contribution in [2.24, 2.45) is 0 Å². The molecule has 1 amide bonds. The second kappa shape index (κ2) is 5.66. The Morgan fingerprint density at radius 3 is 2.81 bits per heavy atom. The van der Waals surface area contributed by atoms with E-state index in [0.29, 0.717) is 0 Å². The zero-order valence-electron chi connectivity index (χ0n) is 8.40. The highest BCUT2D eigenvalue weighted by Gasteiger charge is 2.22. The molecule has 0 radical (unpaired) electrons. The van der Waals surface area contributed by atoms with Crippen LogP contribution in [0, 0.1) is 0 Å². The van der Waals surface area contributed by atoms with Crippen molar-refractivity contribution in [1.82, 2.24) is 5.32 Å². The number of halogens is 1. The van der Waals surface area contributed by atoms with E-state index in [0.717, 1.165) is 0 Å². The van der Waals surface area contributed by atoms with Gasteiger partial charge in [0.15, 0.2) is 10.7 Å². The van der Waals surface area contributed by atoms with Gasteiger partial charge in [-0.2, -0.15) is 0 Å². The number of ether oxygens (including phenoxy) is 1. The van der Waals surface area contributed by atoms with Gasteiger partial charge in [-0.05, 0) is 22.0 Å². The number of hydrogen-bond donors (Lipinski definition) is 2. The van der Waals surface area contributed by atoms with Gasteiger partial charge in [0.05, 0.1) is 25.5 Å². The first-order chi connectivity index (χ1) is 7.60. The third-order valence-corrected chi connectivity index (χ3v) is 2.45. The van der Waals surface area contributed by atoms with Crippen LogP contribution in [0.15, 0.2) is 21.4 Å². The normalized spacial score (nSPS) is 11.9. The third-order valence-electron chi connectivity index (χ3n) is 1.84. The molecule has 1 aromatic rings. The molecular weight excluding hydrogens is 282 g/mol. The zero-order valence-corrected chi connectivity index (χ0v) is 9.98. The number of carbonyl (C=O) groups excluding carboxylic acids is 2. The van der Waals surface area contributed by atoms with E-state index in [4.69, 9.17) is 9.52 Å². The van der Waals surface area contributed by atoms with Gasteiger partial charge in [-0.3, -0.25) is 4.79 Å². The summed E-state index contributed by atoms with van der Waals surface area (Å²) in [4.78, 5) is 22.7. The SMILES string of the molecule is COC(=O)C(CO)NC(=O)c1ccoc1Br. The molecule has 0 aromatic carbocycles. The van der Waals surface area contributed by atoms with Crippen molar-refractivity contribution >= 4 is 27.8 Å². The van der Waals surface area contributed by atoms with Crippen molar-refractivity contribution in [1.29, 1.82) is 0 Å². The van der Waals surface area contributed by atoms with Crippen molar-refractivity contribution in [3.8, 4) is 0 Å². The monoisotopic (exact) mass is 291 g/mol. The van der Waals surface area contributed by atoms with Crippen LogP contribution in [0.5, 0.6) is 0 Å². The quantitative estimate of drug-likeness (QED) is 0.779. The van der Waals surface area contributed by atoms with Gasteiger partial charge < -0.3 is 19.6 Å². The Kier molecular flexibility index (Phi) is 4.51. The highest BCUT2D eigenvalue weighted by atomic mass is 79.9. The Morgan fingerprint density at radius 2 is 2.38 bits per heavy atom. The first kappa shape index (κ1) is 12.7. The van der Waals surface area contributed by atoms with Crippen LogP contribution in [-0.2, 0) is 9.53 Å². The molecule has 0 aliphatic rings. The van der Waals surface area contributed by atoms with E-state index in [1.54, 1.807) is 0 Å². The van der Waals surface area contributed by atoms with Crippen LogP contribution < -0.4 is 5.32 Å². The van der Waals surface area contributed by atoms with Crippen molar-refractivity contribution in [2.75, 3.05) is 13.7 Å². The van der Waals surface area contributed by atoms with Gasteiger partial charge >= 0.3 is 5.97 Å². The van der Waals surface area contributed by atoms with Gasteiger partial charge in [0.1, 0.15) is 0 Å². The number of amides is 1. The molecule has 1 rings (SSSR count). The molecule has 0 saturated heterocycles. The van der Waals surface area contributed by atoms with E-state index in [1.807, 2.05) is 0 Å². The molecule has 16 heavy (non-hydrogen) atoms. The van der Waals surface area contributed by atoms with E-state index < -0.39 is 24.5 Å². The predicted octanol–water partition coefficient (Wildman–Crippen LogP) is 0.306. The van der Waals surface area contributed by atoms with Crippen LogP contribution in [-0.4, -0.2) is 36.7 Å². The second-order valence-corrected chi connectivity index (χ2v) is 3.56. The highest BCUT2D eigenvalue weighted by Crippen LogP contribution is 2.17. The van der Waals surface area contributed by atoms with Crippen LogP contribution in [0.3, 0.4) is 0 Å². The number of methoxy groups -OCH3 is 1. The minimum Gasteiger partial charge on any atom is -0.467 e. The van der Waals surface area contributed by atoms with Crippen LogP contribution in [0.4, 0.5) is 0 Å². The number of nitrogens with one attached hydrogen (secondary N) is 1. The number of aliphatic hydroxyl groups excluding tert-OH is 1. The van der Waals surface area contributed by atoms with Crippen LogP contribution in [0.25, 0.3) is 0 Å². The van der Waals surface area contributed by atoms with E-state index in [9.17, 15) is 9.59 Å². The maximum atomic E-state index is 11.6. The molecular formula is C9H10BrNO5. The molecule has 0 aliphatic heterocycles. The molecule has 0 saturated carbocycles. The summed E-state index contributed by atoms with van der Waals surface area (Å²) in [7, 11) is 1.17. The Bertz CT molecular complexity index is 389. The van der Waals surface area contributed by atoms with Gasteiger partial charge in [-0.1, -0.05) is 0 Å². The summed E-state index contributed by atoms with van der Waals surface area (Å²) in [5.74, 6) is -1.25. The second-order valence-electron chi connectivity index (χ2n) is 2.84. The van der Waals surface area contributed by atoms with Gasteiger partial charge in [0.25, 0.3) is 5.91 Å². The van der Waals surface area contributed by atoms with E-state index in [1.165, 1.54) is 19.4 Å². The van der Waals surface area contributed by atoms with Gasteiger partial charge in [-0.25, -0.2) is 4.79 Å². The number of furan rings is 1. The largest absolute Gasteiger partial charge is 0.467 e. The van der Waals surface area contributed by atoms with Gasteiger partial charge in [0.2, 0.25) is 0 Å². The smallest absolute Gasteiger partial charge is 0.330 e. The summed E-state index contributed by atoms with van der Waals surface area (Å²) < 4.78 is 9.52. The molecule has 0 aliphatic carbocycles. The lowest BCUT2D eigenvalue weighted by molar-refractivity contribution is -0.143. The van der Waals surface area contributed by atoms with Crippen molar-refractivity contribution < 1.29 is 23.8 Å². The Hall–Kier alpha value is -1.34. The molecule has 1 heterocycles. The number of rotatable bonds is 4. The Morgan fingerprint density at radius 1 is 1.69 bits per heavy atom. The molecule has 0 bridgehead atoms. The van der Waals surface area contributed by atoms with Crippen molar-refractivity contribution in [3.63, 3.8) is 0 Å². The van der Waals surface area contributed by atoms with E-state index in [2.05, 4.69) is 26.0 Å². The summed E-state index contributed by atoms with van der Waals surface area (Å²) >= 11 is 3.03. The average molecular weight is 292 g/mol. The average Bonchev–Trinajstić information content (AvgIpc) is 2.71. The molecule has 2 N–H and O–H groups in total. The first-order valence-corrected chi connectivity index (χ1v) is 5.12. The fourth-order valence-electron chi connectivity index (χ4n) is 1.01. The molecule has 88 valence electrons. The number of esters is 1. The molecule has 7 heteroatoms. The maximum absolute atomic E-state index is 11.6. The lowest BCUT2D eigenvalue weighted by atomic mass is 10.2. The van der Waals surface area contributed by atoms with Crippen molar-refractivity contribution in [2.45, 2.75) is 6.04 Å². The third kappa shape index (κ3) is 2.83. The van der Waals surface area contributed by atoms with Gasteiger partial charge in [0, 0.05) is 0 Å². The van der Waals surface area contributed by atoms with Crippen LogP contribution in [0.1, 0.15) is 10.4 Å². The predicted molar refractivity (Wildman–Crippen MR) is 56.8 cm³/mol.